The van der Waals surface area contributed by atoms with Gasteiger partial charge in [0.15, 0.2) is 5.75 Å². The number of nitrogens with two attached hydrogens (primary N) is 1. The van der Waals surface area contributed by atoms with Gasteiger partial charge in [0, 0.05) is 6.07 Å². The summed E-state index contributed by atoms with van der Waals surface area (Å²) in [5.74, 6) is 0.470. The zero-order chi connectivity index (χ0) is 12.4. The van der Waals surface area contributed by atoms with Crippen molar-refractivity contribution in [3.05, 3.63) is 34.4 Å². The van der Waals surface area contributed by atoms with Crippen molar-refractivity contribution in [2.75, 3.05) is 12.8 Å². The summed E-state index contributed by atoms with van der Waals surface area (Å²) in [5, 5.41) is 17.4. The van der Waals surface area contributed by atoms with Crippen LogP contribution in [0, 0.1) is 10.1 Å². The van der Waals surface area contributed by atoms with Gasteiger partial charge in [-0.15, -0.1) is 0 Å². The molecule has 0 amide bonds. The number of nitrogens with one attached hydrogen (secondary N) is 1. The Morgan fingerprint density at radius 1 is 1.53 bits per heavy atom. The Morgan fingerprint density at radius 3 is 2.82 bits per heavy atom. The number of ether oxygens (including phenoxy) is 1. The molecule has 1 aromatic heterocycles. The molecule has 0 saturated carbocycles. The predicted octanol–water partition coefficient (Wildman–Crippen LogP) is 1.58. The summed E-state index contributed by atoms with van der Waals surface area (Å²) in [6.07, 6.45) is 0. The van der Waals surface area contributed by atoms with E-state index in [0.717, 1.165) is 0 Å². The standard InChI is InChI=1S/C10H10N4O3/c1-17-8-4-2-3-6(10(8)14(15)16)7-5-9(11)13-12-7/h2-5H,1H3,(H3,11,12,13). The van der Waals surface area contributed by atoms with Crippen LogP contribution in [0.5, 0.6) is 5.75 Å². The summed E-state index contributed by atoms with van der Waals surface area (Å²) in [4.78, 5) is 10.5. The van der Waals surface area contributed by atoms with Crippen molar-refractivity contribution in [3.63, 3.8) is 0 Å². The zero-order valence-electron chi connectivity index (χ0n) is 9.01. The van der Waals surface area contributed by atoms with Crippen molar-refractivity contribution in [2.45, 2.75) is 0 Å². The first-order valence-corrected chi connectivity index (χ1v) is 4.76. The smallest absolute Gasteiger partial charge is 0.320 e. The van der Waals surface area contributed by atoms with Gasteiger partial charge in [-0.25, -0.2) is 0 Å². The van der Waals surface area contributed by atoms with Crippen LogP contribution in [-0.2, 0) is 0 Å². The van der Waals surface area contributed by atoms with Crippen molar-refractivity contribution in [1.82, 2.24) is 10.2 Å². The van der Waals surface area contributed by atoms with E-state index in [0.29, 0.717) is 11.3 Å². The average Bonchev–Trinajstić information content (AvgIpc) is 2.74. The number of nitro benzene ring substituents is 1. The number of hydrogen-bond donors (Lipinski definition) is 2. The number of para-hydroxylation sites is 1. The molecule has 2 aromatic rings. The number of aromatic amines is 1. The Labute approximate surface area is 96.4 Å². The van der Waals surface area contributed by atoms with Crippen LogP contribution in [0.4, 0.5) is 11.5 Å². The Balaban J connectivity index is 2.65. The number of nitro groups is 1. The van der Waals surface area contributed by atoms with Gasteiger partial charge in [0.2, 0.25) is 0 Å². The van der Waals surface area contributed by atoms with E-state index in [4.69, 9.17) is 10.5 Å². The van der Waals surface area contributed by atoms with Gasteiger partial charge < -0.3 is 10.5 Å². The van der Waals surface area contributed by atoms with Gasteiger partial charge in [-0.1, -0.05) is 6.07 Å². The number of benzene rings is 1. The molecule has 0 bridgehead atoms. The van der Waals surface area contributed by atoms with Gasteiger partial charge in [-0.3, -0.25) is 15.2 Å². The molecule has 0 atom stereocenters. The first-order valence-electron chi connectivity index (χ1n) is 4.76. The predicted molar refractivity (Wildman–Crippen MR) is 61.6 cm³/mol. The molecule has 0 radical (unpaired) electrons. The molecule has 1 aromatic carbocycles. The van der Waals surface area contributed by atoms with Gasteiger partial charge in [-0.2, -0.15) is 5.10 Å². The fourth-order valence-corrected chi connectivity index (χ4v) is 1.57. The molecule has 0 aliphatic rings. The summed E-state index contributed by atoms with van der Waals surface area (Å²) in [7, 11) is 1.38. The highest BCUT2D eigenvalue weighted by Gasteiger charge is 2.22. The van der Waals surface area contributed by atoms with Crippen LogP contribution < -0.4 is 10.5 Å². The molecule has 17 heavy (non-hydrogen) atoms. The molecule has 0 spiro atoms. The van der Waals surface area contributed by atoms with E-state index in [1.807, 2.05) is 0 Å². The third kappa shape index (κ3) is 1.89. The summed E-state index contributed by atoms with van der Waals surface area (Å²) >= 11 is 0. The van der Waals surface area contributed by atoms with E-state index >= 15 is 0 Å². The SMILES string of the molecule is COc1cccc(-c2cc(N)n[nH]2)c1[N+](=O)[O-]. The summed E-state index contributed by atoms with van der Waals surface area (Å²) in [6, 6.07) is 6.33. The second-order valence-electron chi connectivity index (χ2n) is 3.32. The lowest BCUT2D eigenvalue weighted by Crippen LogP contribution is -1.96. The molecule has 7 heteroatoms. The highest BCUT2D eigenvalue weighted by Crippen LogP contribution is 2.36. The number of aromatic nitrogens is 2. The van der Waals surface area contributed by atoms with Crippen LogP contribution in [0.25, 0.3) is 11.3 Å². The monoisotopic (exact) mass is 234 g/mol. The second kappa shape index (κ2) is 4.12. The van der Waals surface area contributed by atoms with Crippen molar-refractivity contribution >= 4 is 11.5 Å². The molecule has 1 heterocycles. The number of methoxy groups -OCH3 is 1. The van der Waals surface area contributed by atoms with Crippen LogP contribution in [0.2, 0.25) is 0 Å². The lowest BCUT2D eigenvalue weighted by atomic mass is 10.1. The summed E-state index contributed by atoms with van der Waals surface area (Å²) in [6.45, 7) is 0. The molecule has 7 nitrogen and oxygen atoms in total. The molecular formula is C10H10N4O3. The zero-order valence-corrected chi connectivity index (χ0v) is 9.01. The number of hydrogen-bond acceptors (Lipinski definition) is 5. The normalized spacial score (nSPS) is 10.2. The molecule has 0 saturated heterocycles. The number of nitrogens with zero attached hydrogens (tertiary/aromatic N) is 2. The quantitative estimate of drug-likeness (QED) is 0.619. The molecule has 0 unspecified atom stereocenters. The first kappa shape index (κ1) is 10.9. The molecule has 0 aliphatic heterocycles. The van der Waals surface area contributed by atoms with E-state index in [1.54, 1.807) is 12.1 Å². The first-order chi connectivity index (χ1) is 8.13. The maximum absolute atomic E-state index is 11.0. The summed E-state index contributed by atoms with van der Waals surface area (Å²) < 4.78 is 4.97. The van der Waals surface area contributed by atoms with Crippen molar-refractivity contribution < 1.29 is 9.66 Å². The van der Waals surface area contributed by atoms with E-state index in [-0.39, 0.29) is 17.3 Å². The fraction of sp³-hybridized carbons (Fsp3) is 0.100. The van der Waals surface area contributed by atoms with Gasteiger partial charge in [0.1, 0.15) is 5.82 Å². The highest BCUT2D eigenvalue weighted by atomic mass is 16.6. The Kier molecular flexibility index (Phi) is 2.65. The maximum atomic E-state index is 11.0. The topological polar surface area (TPSA) is 107 Å². The fourth-order valence-electron chi connectivity index (χ4n) is 1.57. The molecule has 2 rings (SSSR count). The maximum Gasteiger partial charge on any atom is 0.320 e. The van der Waals surface area contributed by atoms with Gasteiger partial charge in [0.05, 0.1) is 23.3 Å². The number of H-pyrrole nitrogens is 1. The number of rotatable bonds is 3. The van der Waals surface area contributed by atoms with Crippen LogP contribution in [0.3, 0.4) is 0 Å². The summed E-state index contributed by atoms with van der Waals surface area (Å²) in [5.41, 5.74) is 6.22. The van der Waals surface area contributed by atoms with Crippen molar-refractivity contribution in [1.29, 1.82) is 0 Å². The van der Waals surface area contributed by atoms with Crippen LogP contribution >= 0.6 is 0 Å². The van der Waals surface area contributed by atoms with Crippen molar-refractivity contribution in [3.8, 4) is 17.0 Å². The van der Waals surface area contributed by atoms with E-state index in [9.17, 15) is 10.1 Å². The minimum absolute atomic E-state index is 0.112. The van der Waals surface area contributed by atoms with Crippen LogP contribution in [-0.4, -0.2) is 22.2 Å². The molecular weight excluding hydrogens is 224 g/mol. The minimum Gasteiger partial charge on any atom is -0.490 e. The van der Waals surface area contributed by atoms with Gasteiger partial charge in [0.25, 0.3) is 0 Å². The average molecular weight is 234 g/mol. The Hall–Kier alpha value is -2.57. The van der Waals surface area contributed by atoms with Gasteiger partial charge in [-0.05, 0) is 12.1 Å². The molecule has 0 fully saturated rings. The molecule has 0 aliphatic carbocycles. The number of anilines is 1. The largest absolute Gasteiger partial charge is 0.490 e. The van der Waals surface area contributed by atoms with Crippen molar-refractivity contribution in [2.24, 2.45) is 0 Å². The molecule has 3 N–H and O–H groups in total. The third-order valence-corrected chi connectivity index (χ3v) is 2.29. The Morgan fingerprint density at radius 2 is 2.29 bits per heavy atom. The lowest BCUT2D eigenvalue weighted by molar-refractivity contribution is -0.385. The minimum atomic E-state index is -0.495. The number of nitrogen functional groups attached to an aromatic ring is 1. The molecule has 88 valence electrons. The second-order valence-corrected chi connectivity index (χ2v) is 3.32. The van der Waals surface area contributed by atoms with Crippen LogP contribution in [0.1, 0.15) is 0 Å². The Bertz CT molecular complexity index is 564. The van der Waals surface area contributed by atoms with E-state index in [2.05, 4.69) is 10.2 Å². The van der Waals surface area contributed by atoms with Crippen LogP contribution in [0.15, 0.2) is 24.3 Å². The van der Waals surface area contributed by atoms with Gasteiger partial charge >= 0.3 is 5.69 Å². The lowest BCUT2D eigenvalue weighted by Gasteiger charge is -2.04. The van der Waals surface area contributed by atoms with E-state index < -0.39 is 4.92 Å². The van der Waals surface area contributed by atoms with E-state index in [1.165, 1.54) is 19.2 Å². The highest BCUT2D eigenvalue weighted by molar-refractivity contribution is 5.76. The third-order valence-electron chi connectivity index (χ3n) is 2.29.